The summed E-state index contributed by atoms with van der Waals surface area (Å²) in [5.74, 6) is 0.316. The highest BCUT2D eigenvalue weighted by molar-refractivity contribution is 5.79. The average molecular weight is 462 g/mol. The Labute approximate surface area is 191 Å². The number of aromatic nitrogens is 3. The van der Waals surface area contributed by atoms with Crippen molar-refractivity contribution in [3.63, 3.8) is 0 Å². The summed E-state index contributed by atoms with van der Waals surface area (Å²) in [6.45, 7) is 4.39. The molecule has 10 nitrogen and oxygen atoms in total. The summed E-state index contributed by atoms with van der Waals surface area (Å²) in [7, 11) is 0. The van der Waals surface area contributed by atoms with Crippen LogP contribution in [0, 0.1) is 6.92 Å². The molecule has 1 fully saturated rings. The largest absolute Gasteiger partial charge is 0.424 e. The molecule has 1 saturated heterocycles. The standard InChI is InChI=1S/C24H22N4O6/c1-14-12-17-20(29)27(21-22(28(17)13-14)33-24(31)23(30)32-21)11-10-26-8-6-15(7-9-26)19-16-4-2-3-5-18(16)34-25-19/h2-5,12-13,15H,6-11H2,1H3. The summed E-state index contributed by atoms with van der Waals surface area (Å²) in [6.07, 6.45) is 3.52. The molecule has 0 aliphatic carbocycles. The summed E-state index contributed by atoms with van der Waals surface area (Å²) < 4.78 is 18.7. The Hall–Kier alpha value is -3.92. The lowest BCUT2D eigenvalue weighted by Gasteiger charge is -2.31. The maximum atomic E-state index is 13.2. The Morgan fingerprint density at radius 1 is 1.00 bits per heavy atom. The quantitative estimate of drug-likeness (QED) is 0.374. The van der Waals surface area contributed by atoms with Gasteiger partial charge in [-0.3, -0.25) is 13.8 Å². The zero-order valence-corrected chi connectivity index (χ0v) is 18.5. The van der Waals surface area contributed by atoms with Crippen LogP contribution in [-0.4, -0.2) is 38.7 Å². The number of para-hydroxylation sites is 1. The fourth-order valence-corrected chi connectivity index (χ4v) is 4.90. The Kier molecular flexibility index (Phi) is 4.77. The molecule has 0 saturated carbocycles. The molecule has 10 heteroatoms. The maximum Gasteiger partial charge on any atom is 0.424 e. The van der Waals surface area contributed by atoms with E-state index in [0.29, 0.717) is 24.5 Å². The third-order valence-corrected chi connectivity index (χ3v) is 6.63. The fraction of sp³-hybridized carbons (Fsp3) is 0.333. The van der Waals surface area contributed by atoms with Gasteiger partial charge in [-0.2, -0.15) is 0 Å². The first kappa shape index (κ1) is 20.7. The summed E-state index contributed by atoms with van der Waals surface area (Å²) in [4.78, 5) is 39.1. The Balaban J connectivity index is 1.25. The summed E-state index contributed by atoms with van der Waals surface area (Å²) >= 11 is 0. The van der Waals surface area contributed by atoms with Crippen molar-refractivity contribution in [3.05, 3.63) is 79.0 Å². The number of benzene rings is 1. The van der Waals surface area contributed by atoms with Crippen LogP contribution < -0.4 is 16.8 Å². The Bertz CT molecular complexity index is 1710. The van der Waals surface area contributed by atoms with Gasteiger partial charge in [0.25, 0.3) is 17.0 Å². The summed E-state index contributed by atoms with van der Waals surface area (Å²) in [5.41, 5.74) is 0.453. The predicted octanol–water partition coefficient (Wildman–Crippen LogP) is 2.49. The van der Waals surface area contributed by atoms with Crippen LogP contribution in [0.1, 0.15) is 30.0 Å². The number of hydrogen-bond donors (Lipinski definition) is 0. The molecular formula is C24H22N4O6. The van der Waals surface area contributed by atoms with Gasteiger partial charge in [0.15, 0.2) is 5.58 Å². The molecule has 0 radical (unpaired) electrons. The number of nitrogens with zero attached hydrogens (tertiary/aromatic N) is 4. The van der Waals surface area contributed by atoms with Crippen molar-refractivity contribution >= 4 is 27.9 Å². The molecule has 6 rings (SSSR count). The van der Waals surface area contributed by atoms with Crippen molar-refractivity contribution in [2.75, 3.05) is 19.6 Å². The fourth-order valence-electron chi connectivity index (χ4n) is 4.90. The van der Waals surface area contributed by atoms with Crippen LogP contribution in [0.4, 0.5) is 0 Å². The first-order valence-corrected chi connectivity index (χ1v) is 11.3. The van der Waals surface area contributed by atoms with E-state index in [0.717, 1.165) is 48.2 Å². The molecule has 0 spiro atoms. The highest BCUT2D eigenvalue weighted by Crippen LogP contribution is 2.32. The minimum atomic E-state index is -1.13. The molecule has 1 aliphatic rings. The van der Waals surface area contributed by atoms with Crippen molar-refractivity contribution < 1.29 is 13.4 Å². The third kappa shape index (κ3) is 3.29. The van der Waals surface area contributed by atoms with Gasteiger partial charge in [-0.05, 0) is 56.6 Å². The van der Waals surface area contributed by atoms with Crippen LogP contribution in [0.15, 0.2) is 64.3 Å². The van der Waals surface area contributed by atoms with E-state index in [9.17, 15) is 14.4 Å². The van der Waals surface area contributed by atoms with E-state index in [1.807, 2.05) is 31.2 Å². The topological polar surface area (TPSA) is 116 Å². The molecule has 0 amide bonds. The number of likely N-dealkylation sites (tertiary alicyclic amines) is 1. The van der Waals surface area contributed by atoms with Crippen LogP contribution in [-0.2, 0) is 6.54 Å². The lowest BCUT2D eigenvalue weighted by atomic mass is 9.91. The van der Waals surface area contributed by atoms with Gasteiger partial charge in [0.1, 0.15) is 5.52 Å². The maximum absolute atomic E-state index is 13.2. The highest BCUT2D eigenvalue weighted by Gasteiger charge is 2.25. The van der Waals surface area contributed by atoms with Gasteiger partial charge in [0, 0.05) is 30.6 Å². The van der Waals surface area contributed by atoms with Crippen molar-refractivity contribution in [2.24, 2.45) is 0 Å². The predicted molar refractivity (Wildman–Crippen MR) is 123 cm³/mol. The van der Waals surface area contributed by atoms with E-state index < -0.39 is 11.3 Å². The van der Waals surface area contributed by atoms with Crippen molar-refractivity contribution in [2.45, 2.75) is 32.2 Å². The van der Waals surface area contributed by atoms with E-state index in [2.05, 4.69) is 10.1 Å². The number of rotatable bonds is 4. The first-order chi connectivity index (χ1) is 16.5. The lowest BCUT2D eigenvalue weighted by Crippen LogP contribution is -2.37. The molecule has 0 atom stereocenters. The molecular weight excluding hydrogens is 440 g/mol. The number of fused-ring (bicyclic) bond motifs is 4. The summed E-state index contributed by atoms with van der Waals surface area (Å²) in [6, 6.07) is 9.61. The highest BCUT2D eigenvalue weighted by atomic mass is 16.5. The lowest BCUT2D eigenvalue weighted by molar-refractivity contribution is 0.201. The number of aryl methyl sites for hydroxylation is 1. The van der Waals surface area contributed by atoms with Gasteiger partial charge in [0.2, 0.25) is 0 Å². The Morgan fingerprint density at radius 2 is 1.74 bits per heavy atom. The monoisotopic (exact) mass is 462 g/mol. The smallest absolute Gasteiger partial charge is 0.395 e. The minimum absolute atomic E-state index is 0.0401. The van der Waals surface area contributed by atoms with Gasteiger partial charge in [-0.15, -0.1) is 0 Å². The summed E-state index contributed by atoms with van der Waals surface area (Å²) in [5, 5.41) is 5.37. The zero-order valence-electron chi connectivity index (χ0n) is 18.5. The molecule has 1 aliphatic heterocycles. The van der Waals surface area contributed by atoms with E-state index in [-0.39, 0.29) is 17.0 Å². The van der Waals surface area contributed by atoms with Crippen LogP contribution >= 0.6 is 0 Å². The molecule has 1 aromatic carbocycles. The third-order valence-electron chi connectivity index (χ3n) is 6.63. The average Bonchev–Trinajstić information content (AvgIpc) is 3.45. The second-order valence-corrected chi connectivity index (χ2v) is 8.80. The molecule has 0 N–H and O–H groups in total. The van der Waals surface area contributed by atoms with Crippen LogP contribution in [0.25, 0.3) is 27.9 Å². The van der Waals surface area contributed by atoms with Gasteiger partial charge in [0.05, 0.1) is 5.69 Å². The van der Waals surface area contributed by atoms with Crippen LogP contribution in [0.3, 0.4) is 0 Å². The van der Waals surface area contributed by atoms with Gasteiger partial charge < -0.3 is 18.3 Å². The Morgan fingerprint density at radius 3 is 2.53 bits per heavy atom. The van der Waals surface area contributed by atoms with E-state index >= 15 is 0 Å². The molecule has 5 heterocycles. The van der Waals surface area contributed by atoms with Crippen LogP contribution in [0.2, 0.25) is 0 Å². The minimum Gasteiger partial charge on any atom is -0.395 e. The molecule has 34 heavy (non-hydrogen) atoms. The van der Waals surface area contributed by atoms with Crippen molar-refractivity contribution in [3.8, 4) is 0 Å². The van der Waals surface area contributed by atoms with Crippen LogP contribution in [0.5, 0.6) is 0 Å². The number of hydrogen-bond acceptors (Lipinski definition) is 8. The van der Waals surface area contributed by atoms with Gasteiger partial charge in [-0.25, -0.2) is 9.59 Å². The van der Waals surface area contributed by atoms with Crippen molar-refractivity contribution in [1.29, 1.82) is 0 Å². The molecule has 5 aromatic rings. The second kappa shape index (κ2) is 7.84. The normalized spacial score (nSPS) is 15.7. The van der Waals surface area contributed by atoms with E-state index in [4.69, 9.17) is 13.4 Å². The van der Waals surface area contributed by atoms with Gasteiger partial charge >= 0.3 is 11.3 Å². The molecule has 0 unspecified atom stereocenters. The SMILES string of the molecule is Cc1cc2c(=O)n(CCN3CCC(c4noc5ccccc45)CC3)c3oc(=O)c(=O)oc3n2c1. The first-order valence-electron chi connectivity index (χ1n) is 11.3. The van der Waals surface area contributed by atoms with Gasteiger partial charge in [-0.1, -0.05) is 17.3 Å². The molecule has 4 aromatic heterocycles. The second-order valence-electron chi connectivity index (χ2n) is 8.80. The van der Waals surface area contributed by atoms with E-state index in [1.165, 1.54) is 8.97 Å². The molecule has 0 bridgehead atoms. The van der Waals surface area contributed by atoms with E-state index in [1.54, 1.807) is 12.3 Å². The van der Waals surface area contributed by atoms with Crippen molar-refractivity contribution in [1.82, 2.24) is 19.0 Å². The zero-order chi connectivity index (χ0) is 23.4. The number of piperidine rings is 1. The molecule has 174 valence electrons.